The monoisotopic (exact) mass is 537 g/mol. The molecule has 197 valence electrons. The summed E-state index contributed by atoms with van der Waals surface area (Å²) >= 11 is 0. The van der Waals surface area contributed by atoms with Crippen LogP contribution in [0.4, 0.5) is 0 Å². The average molecular weight is 537 g/mol. The zero-order valence-electron chi connectivity index (χ0n) is 23.7. The first-order valence-electron chi connectivity index (χ1n) is 14.7. The number of nitrogens with one attached hydrogen (secondary N) is 1. The minimum Gasteiger partial charge on any atom is -0.454 e. The number of furan rings is 1. The lowest BCUT2D eigenvalue weighted by molar-refractivity contribution is 0.642. The fourth-order valence-electron chi connectivity index (χ4n) is 7.96. The van der Waals surface area contributed by atoms with E-state index in [1.807, 2.05) is 6.07 Å². The van der Waals surface area contributed by atoms with Gasteiger partial charge in [-0.1, -0.05) is 92.1 Å². The van der Waals surface area contributed by atoms with Crippen LogP contribution < -0.4 is 10.9 Å². The Kier molecular flexibility index (Phi) is 4.03. The second kappa shape index (κ2) is 7.46. The maximum absolute atomic E-state index is 6.49. The van der Waals surface area contributed by atoms with Gasteiger partial charge in [-0.25, -0.2) is 0 Å². The first kappa shape index (κ1) is 22.7. The van der Waals surface area contributed by atoms with Gasteiger partial charge in [0.15, 0.2) is 12.9 Å². The Balaban J connectivity index is 1.30. The Morgan fingerprint density at radius 1 is 0.738 bits per heavy atom. The SMILES string of the molecule is Cc1cc(-c2cccc3c4c([nH]c23)C(C)(C)c2ccccc2-4)c2c(c1)-n1c3c(cccc3c3oc4ccccc4c31)[B]2. The summed E-state index contributed by atoms with van der Waals surface area (Å²) in [6, 6.07) is 35.3. The number of para-hydroxylation sites is 3. The van der Waals surface area contributed by atoms with Crippen molar-refractivity contribution in [3.05, 3.63) is 114 Å². The van der Waals surface area contributed by atoms with E-state index in [2.05, 4.69) is 129 Å². The Morgan fingerprint density at radius 2 is 1.50 bits per heavy atom. The second-order valence-corrected chi connectivity index (χ2v) is 12.5. The molecule has 0 unspecified atom stereocenters. The van der Waals surface area contributed by atoms with Crippen LogP contribution in [0, 0.1) is 6.92 Å². The van der Waals surface area contributed by atoms with E-state index in [0.29, 0.717) is 0 Å². The zero-order valence-corrected chi connectivity index (χ0v) is 23.7. The molecule has 0 spiro atoms. The minimum absolute atomic E-state index is 0.0794. The molecular weight excluding hydrogens is 511 g/mol. The van der Waals surface area contributed by atoms with E-state index in [9.17, 15) is 0 Å². The lowest BCUT2D eigenvalue weighted by Gasteiger charge is -2.24. The highest BCUT2D eigenvalue weighted by Crippen LogP contribution is 2.52. The molecule has 0 amide bonds. The molecule has 5 aromatic carbocycles. The molecule has 8 aromatic rings. The highest BCUT2D eigenvalue weighted by atomic mass is 16.3. The summed E-state index contributed by atoms with van der Waals surface area (Å²) in [5.41, 5.74) is 18.2. The highest BCUT2D eigenvalue weighted by Gasteiger charge is 2.38. The van der Waals surface area contributed by atoms with Crippen molar-refractivity contribution in [3.8, 4) is 27.9 Å². The van der Waals surface area contributed by atoms with Crippen molar-refractivity contribution in [2.24, 2.45) is 0 Å². The van der Waals surface area contributed by atoms with Crippen LogP contribution in [0.15, 0.2) is 101 Å². The number of aromatic amines is 1. The van der Waals surface area contributed by atoms with Crippen molar-refractivity contribution >= 4 is 62.1 Å². The molecule has 1 aliphatic carbocycles. The Bertz CT molecular complexity index is 2490. The fourth-order valence-corrected chi connectivity index (χ4v) is 7.96. The molecule has 3 nitrogen and oxygen atoms in total. The fraction of sp³-hybridized carbons (Fsp3) is 0.105. The van der Waals surface area contributed by atoms with Crippen LogP contribution in [0.1, 0.15) is 30.7 Å². The lowest BCUT2D eigenvalue weighted by Crippen LogP contribution is -2.37. The summed E-state index contributed by atoms with van der Waals surface area (Å²) in [4.78, 5) is 3.95. The van der Waals surface area contributed by atoms with Gasteiger partial charge in [-0.15, -0.1) is 0 Å². The third-order valence-electron chi connectivity index (χ3n) is 9.79. The number of hydrogen-bond donors (Lipinski definition) is 1. The maximum Gasteiger partial charge on any atom is 0.197 e. The van der Waals surface area contributed by atoms with Crippen LogP contribution in [-0.4, -0.2) is 16.8 Å². The number of fused-ring (bicyclic) bond motifs is 12. The second-order valence-electron chi connectivity index (χ2n) is 12.5. The molecule has 0 saturated carbocycles. The van der Waals surface area contributed by atoms with Gasteiger partial charge in [0.25, 0.3) is 0 Å². The molecule has 4 heterocycles. The van der Waals surface area contributed by atoms with E-state index in [4.69, 9.17) is 4.42 Å². The van der Waals surface area contributed by atoms with Gasteiger partial charge >= 0.3 is 0 Å². The van der Waals surface area contributed by atoms with Crippen LogP contribution >= 0.6 is 0 Å². The van der Waals surface area contributed by atoms with Gasteiger partial charge in [-0.2, -0.15) is 0 Å². The molecule has 0 saturated heterocycles. The van der Waals surface area contributed by atoms with Crippen molar-refractivity contribution in [2.45, 2.75) is 26.2 Å². The zero-order chi connectivity index (χ0) is 27.9. The van der Waals surface area contributed by atoms with Crippen molar-refractivity contribution in [1.29, 1.82) is 0 Å². The van der Waals surface area contributed by atoms with Crippen molar-refractivity contribution in [3.63, 3.8) is 0 Å². The van der Waals surface area contributed by atoms with Gasteiger partial charge in [0, 0.05) is 44.1 Å². The summed E-state index contributed by atoms with van der Waals surface area (Å²) in [6.07, 6.45) is 0. The first-order valence-corrected chi connectivity index (χ1v) is 14.7. The molecule has 0 atom stereocenters. The molecule has 1 aliphatic heterocycles. The van der Waals surface area contributed by atoms with Gasteiger partial charge < -0.3 is 14.0 Å². The van der Waals surface area contributed by atoms with Gasteiger partial charge in [-0.3, -0.25) is 0 Å². The smallest absolute Gasteiger partial charge is 0.197 e. The van der Waals surface area contributed by atoms with E-state index in [1.54, 1.807) is 0 Å². The normalized spacial score (nSPS) is 14.5. The van der Waals surface area contributed by atoms with Gasteiger partial charge in [0.2, 0.25) is 0 Å². The van der Waals surface area contributed by atoms with Crippen molar-refractivity contribution < 1.29 is 4.42 Å². The summed E-state index contributed by atoms with van der Waals surface area (Å²) in [6.45, 7) is 6.89. The number of aromatic nitrogens is 2. The third-order valence-corrected chi connectivity index (χ3v) is 9.79. The Morgan fingerprint density at radius 3 is 2.43 bits per heavy atom. The third kappa shape index (κ3) is 2.60. The molecule has 3 aromatic heterocycles. The van der Waals surface area contributed by atoms with Crippen LogP contribution in [0.2, 0.25) is 0 Å². The van der Waals surface area contributed by atoms with Crippen LogP contribution in [0.5, 0.6) is 0 Å². The average Bonchev–Trinajstić information content (AvgIpc) is 3.72. The molecule has 2 aliphatic rings. The molecule has 0 fully saturated rings. The summed E-state index contributed by atoms with van der Waals surface area (Å²) < 4.78 is 8.94. The number of H-pyrrole nitrogens is 1. The summed E-state index contributed by atoms with van der Waals surface area (Å²) in [5.74, 6) is 0. The van der Waals surface area contributed by atoms with Gasteiger partial charge in [-0.05, 0) is 58.9 Å². The maximum atomic E-state index is 6.49. The quantitative estimate of drug-likeness (QED) is 0.210. The number of benzene rings is 5. The molecule has 0 bridgehead atoms. The molecule has 42 heavy (non-hydrogen) atoms. The van der Waals surface area contributed by atoms with E-state index < -0.39 is 0 Å². The molecule has 4 heteroatoms. The van der Waals surface area contributed by atoms with E-state index in [0.717, 1.165) is 27.5 Å². The molecular formula is C38H26BN2O. The number of aryl methyl sites for hydroxylation is 1. The molecule has 1 N–H and O–H groups in total. The van der Waals surface area contributed by atoms with Crippen LogP contribution in [0.3, 0.4) is 0 Å². The molecule has 10 rings (SSSR count). The highest BCUT2D eigenvalue weighted by molar-refractivity contribution is 6.73. The lowest BCUT2D eigenvalue weighted by atomic mass is 9.59. The van der Waals surface area contributed by atoms with Crippen molar-refractivity contribution in [2.75, 3.05) is 0 Å². The van der Waals surface area contributed by atoms with Gasteiger partial charge in [0.1, 0.15) is 11.1 Å². The number of nitrogens with zero attached hydrogens (tertiary/aromatic N) is 1. The van der Waals surface area contributed by atoms with Crippen LogP contribution in [-0.2, 0) is 5.41 Å². The predicted octanol–water partition coefficient (Wildman–Crippen LogP) is 8.26. The van der Waals surface area contributed by atoms with Crippen molar-refractivity contribution in [1.82, 2.24) is 9.55 Å². The molecule has 1 radical (unpaired) electrons. The number of hydrogen-bond acceptors (Lipinski definition) is 1. The topological polar surface area (TPSA) is 33.9 Å². The standard InChI is InChI=1S/C38H26BN2O/c1-20-18-26(21-12-8-13-24-31-22-10-4-6-15-27(22)38(2,3)37(31)40-33(21)24)32-29(19-20)41-34-25(14-9-16-28(34)39-32)36-35(41)23-11-5-7-17-30(23)42-36/h4-19,40H,1-3H3. The Labute approximate surface area is 243 Å². The summed E-state index contributed by atoms with van der Waals surface area (Å²) in [5, 5.41) is 3.60. The van der Waals surface area contributed by atoms with Crippen LogP contribution in [0.25, 0.3) is 71.8 Å². The minimum atomic E-state index is -0.0794. The van der Waals surface area contributed by atoms with Gasteiger partial charge in [0.05, 0.1) is 11.0 Å². The van der Waals surface area contributed by atoms with E-state index in [1.165, 1.54) is 72.1 Å². The summed E-state index contributed by atoms with van der Waals surface area (Å²) in [7, 11) is 2.38. The Hall–Kier alpha value is -4.96. The largest absolute Gasteiger partial charge is 0.454 e. The van der Waals surface area contributed by atoms with E-state index in [-0.39, 0.29) is 5.41 Å². The first-order chi connectivity index (χ1) is 20.5. The number of rotatable bonds is 1. The van der Waals surface area contributed by atoms with E-state index >= 15 is 0 Å². The predicted molar refractivity (Wildman–Crippen MR) is 175 cm³/mol.